The van der Waals surface area contributed by atoms with Gasteiger partial charge in [0.25, 0.3) is 15.9 Å². The van der Waals surface area contributed by atoms with Crippen molar-refractivity contribution in [2.45, 2.75) is 4.90 Å². The number of sulfonamides is 1. The summed E-state index contributed by atoms with van der Waals surface area (Å²) in [5.74, 6) is -0.676. The Labute approximate surface area is 173 Å². The molecule has 6 nitrogen and oxygen atoms in total. The number of nitrogens with one attached hydrogen (secondary N) is 2. The van der Waals surface area contributed by atoms with Crippen molar-refractivity contribution in [1.29, 1.82) is 0 Å². The Balaban J connectivity index is 1.68. The van der Waals surface area contributed by atoms with E-state index in [0.29, 0.717) is 22.1 Å². The third-order valence-electron chi connectivity index (χ3n) is 4.54. The molecule has 0 aliphatic heterocycles. The Morgan fingerprint density at radius 2 is 1.37 bits per heavy atom. The summed E-state index contributed by atoms with van der Waals surface area (Å²) in [5.41, 5.74) is 1.09. The molecule has 7 heteroatoms. The van der Waals surface area contributed by atoms with Crippen LogP contribution >= 0.6 is 0 Å². The number of fused-ring (bicyclic) bond motifs is 1. The van der Waals surface area contributed by atoms with Crippen molar-refractivity contribution in [2.24, 2.45) is 0 Å². The highest BCUT2D eigenvalue weighted by Crippen LogP contribution is 2.28. The molecule has 1 amide bonds. The van der Waals surface area contributed by atoms with E-state index < -0.39 is 15.9 Å². The Bertz CT molecular complexity index is 1320. The van der Waals surface area contributed by atoms with Crippen LogP contribution in [0.2, 0.25) is 0 Å². The number of carbonyl (C=O) groups excluding carboxylic acids is 1. The molecule has 0 fully saturated rings. The molecule has 4 rings (SSSR count). The highest BCUT2D eigenvalue weighted by Gasteiger charge is 2.17. The topological polar surface area (TPSA) is 95.5 Å². The maximum Gasteiger partial charge on any atom is 0.261 e. The van der Waals surface area contributed by atoms with Crippen molar-refractivity contribution < 1.29 is 18.3 Å². The van der Waals surface area contributed by atoms with Gasteiger partial charge in [0.1, 0.15) is 5.75 Å². The summed E-state index contributed by atoms with van der Waals surface area (Å²) < 4.78 is 28.0. The minimum Gasteiger partial charge on any atom is -0.507 e. The average molecular weight is 418 g/mol. The molecular formula is C23H18N2O4S. The Hall–Kier alpha value is -3.84. The zero-order chi connectivity index (χ0) is 21.1. The predicted molar refractivity (Wildman–Crippen MR) is 117 cm³/mol. The number of phenolic OH excluding ortho intramolecular Hbond substituents is 1. The lowest BCUT2D eigenvalue weighted by atomic mass is 10.1. The number of benzene rings is 4. The van der Waals surface area contributed by atoms with E-state index in [2.05, 4.69) is 10.0 Å². The van der Waals surface area contributed by atoms with Crippen molar-refractivity contribution in [3.8, 4) is 5.75 Å². The maximum atomic E-state index is 12.7. The normalized spacial score (nSPS) is 11.2. The largest absolute Gasteiger partial charge is 0.507 e. The van der Waals surface area contributed by atoms with E-state index in [1.165, 1.54) is 24.3 Å². The van der Waals surface area contributed by atoms with Gasteiger partial charge >= 0.3 is 0 Å². The smallest absolute Gasteiger partial charge is 0.261 e. The summed E-state index contributed by atoms with van der Waals surface area (Å²) >= 11 is 0. The van der Waals surface area contributed by atoms with Crippen LogP contribution in [0.25, 0.3) is 10.8 Å². The molecule has 0 atom stereocenters. The summed E-state index contributed by atoms with van der Waals surface area (Å²) in [4.78, 5) is 12.7. The standard InChI is InChI=1S/C23H18N2O4S/c26-22-15-16-11-12-20(30(28,29)25-19-9-5-2-6-10-19)13-17(16)14-21(22)23(27)24-18-7-3-1-4-8-18/h1-15,25-26H,(H,24,27). The molecule has 0 unspecified atom stereocenters. The van der Waals surface area contributed by atoms with E-state index in [1.54, 1.807) is 60.7 Å². The first-order valence-electron chi connectivity index (χ1n) is 9.13. The molecule has 0 aromatic heterocycles. The number of hydrogen-bond acceptors (Lipinski definition) is 4. The highest BCUT2D eigenvalue weighted by molar-refractivity contribution is 7.92. The van der Waals surface area contributed by atoms with Crippen LogP contribution in [-0.4, -0.2) is 19.4 Å². The van der Waals surface area contributed by atoms with E-state index in [9.17, 15) is 18.3 Å². The number of rotatable bonds is 5. The number of amides is 1. The predicted octanol–water partition coefficient (Wildman–Crippen LogP) is 4.60. The quantitative estimate of drug-likeness (QED) is 0.441. The number of hydrogen-bond donors (Lipinski definition) is 3. The van der Waals surface area contributed by atoms with Gasteiger partial charge in [0.15, 0.2) is 0 Å². The molecule has 4 aromatic carbocycles. The van der Waals surface area contributed by atoms with Crippen molar-refractivity contribution in [2.75, 3.05) is 10.0 Å². The third kappa shape index (κ3) is 4.11. The summed E-state index contributed by atoms with van der Waals surface area (Å²) in [7, 11) is -3.81. The first-order chi connectivity index (χ1) is 14.4. The minimum atomic E-state index is -3.81. The fraction of sp³-hybridized carbons (Fsp3) is 0. The van der Waals surface area contributed by atoms with Gasteiger partial charge in [0.05, 0.1) is 10.5 Å². The van der Waals surface area contributed by atoms with Crippen molar-refractivity contribution in [3.63, 3.8) is 0 Å². The van der Waals surface area contributed by atoms with Crippen LogP contribution in [0.1, 0.15) is 10.4 Å². The monoisotopic (exact) mass is 418 g/mol. The Kier molecular flexibility index (Phi) is 5.12. The van der Waals surface area contributed by atoms with Gasteiger partial charge < -0.3 is 10.4 Å². The number of aromatic hydroxyl groups is 1. The zero-order valence-electron chi connectivity index (χ0n) is 15.7. The van der Waals surface area contributed by atoms with Crippen LogP contribution in [-0.2, 0) is 10.0 Å². The fourth-order valence-electron chi connectivity index (χ4n) is 3.05. The molecule has 0 saturated heterocycles. The molecule has 150 valence electrons. The lowest BCUT2D eigenvalue weighted by Gasteiger charge is -2.11. The van der Waals surface area contributed by atoms with E-state index in [-0.39, 0.29) is 16.2 Å². The van der Waals surface area contributed by atoms with Gasteiger partial charge in [-0.25, -0.2) is 8.42 Å². The lowest BCUT2D eigenvalue weighted by molar-refractivity contribution is 0.102. The third-order valence-corrected chi connectivity index (χ3v) is 5.92. The van der Waals surface area contributed by atoms with Gasteiger partial charge in [0, 0.05) is 11.4 Å². The summed E-state index contributed by atoms with van der Waals surface area (Å²) in [6.07, 6.45) is 0. The highest BCUT2D eigenvalue weighted by atomic mass is 32.2. The van der Waals surface area contributed by atoms with Gasteiger partial charge in [-0.3, -0.25) is 9.52 Å². The summed E-state index contributed by atoms with van der Waals surface area (Å²) in [6.45, 7) is 0. The molecular weight excluding hydrogens is 400 g/mol. The first-order valence-corrected chi connectivity index (χ1v) is 10.6. The Morgan fingerprint density at radius 1 is 0.733 bits per heavy atom. The molecule has 0 aliphatic carbocycles. The molecule has 0 saturated carbocycles. The van der Waals surface area contributed by atoms with E-state index in [4.69, 9.17) is 0 Å². The summed E-state index contributed by atoms with van der Waals surface area (Å²) in [5, 5.41) is 14.1. The van der Waals surface area contributed by atoms with Crippen LogP contribution in [0.5, 0.6) is 5.75 Å². The summed E-state index contributed by atoms with van der Waals surface area (Å²) in [6, 6.07) is 24.9. The van der Waals surface area contributed by atoms with Gasteiger partial charge in [-0.2, -0.15) is 0 Å². The molecule has 0 spiro atoms. The number of carbonyl (C=O) groups is 1. The van der Waals surface area contributed by atoms with E-state index >= 15 is 0 Å². The van der Waals surface area contributed by atoms with E-state index in [1.807, 2.05) is 6.07 Å². The lowest BCUT2D eigenvalue weighted by Crippen LogP contribution is -2.13. The van der Waals surface area contributed by atoms with Crippen LogP contribution in [0, 0.1) is 0 Å². The van der Waals surface area contributed by atoms with Gasteiger partial charge in [-0.1, -0.05) is 42.5 Å². The average Bonchev–Trinajstić information content (AvgIpc) is 2.74. The molecule has 0 aliphatic rings. The first kappa shape index (κ1) is 19.5. The van der Waals surface area contributed by atoms with Crippen LogP contribution in [0.4, 0.5) is 11.4 Å². The number of anilines is 2. The van der Waals surface area contributed by atoms with Crippen molar-refractivity contribution >= 4 is 38.1 Å². The molecule has 0 bridgehead atoms. The molecule has 0 heterocycles. The Morgan fingerprint density at radius 3 is 2.03 bits per heavy atom. The second-order valence-electron chi connectivity index (χ2n) is 6.67. The van der Waals surface area contributed by atoms with Crippen LogP contribution in [0.15, 0.2) is 95.9 Å². The second kappa shape index (κ2) is 7.88. The van der Waals surface area contributed by atoms with Gasteiger partial charge in [-0.15, -0.1) is 0 Å². The number of para-hydroxylation sites is 2. The molecule has 30 heavy (non-hydrogen) atoms. The maximum absolute atomic E-state index is 12.7. The minimum absolute atomic E-state index is 0.0527. The SMILES string of the molecule is O=C(Nc1ccccc1)c1cc2cc(S(=O)(=O)Nc3ccccc3)ccc2cc1O. The van der Waals surface area contributed by atoms with Crippen molar-refractivity contribution in [3.05, 3.63) is 96.6 Å². The zero-order valence-corrected chi connectivity index (χ0v) is 16.6. The molecule has 3 N–H and O–H groups in total. The van der Waals surface area contributed by atoms with Crippen molar-refractivity contribution in [1.82, 2.24) is 0 Å². The fourth-order valence-corrected chi connectivity index (χ4v) is 4.15. The van der Waals surface area contributed by atoms with E-state index in [0.717, 1.165) is 0 Å². The number of phenols is 1. The van der Waals surface area contributed by atoms with Crippen LogP contribution < -0.4 is 10.0 Å². The van der Waals surface area contributed by atoms with Crippen LogP contribution in [0.3, 0.4) is 0 Å². The van der Waals surface area contributed by atoms with Gasteiger partial charge in [0.2, 0.25) is 0 Å². The molecule has 0 radical (unpaired) electrons. The van der Waals surface area contributed by atoms with Gasteiger partial charge in [-0.05, 0) is 59.3 Å². The molecule has 4 aromatic rings. The second-order valence-corrected chi connectivity index (χ2v) is 8.35.